The van der Waals surface area contributed by atoms with E-state index in [1.165, 1.54) is 17.1 Å². The number of nitrogens with zero attached hydrogens (tertiary/aromatic N) is 2. The highest BCUT2D eigenvalue weighted by Crippen LogP contribution is 2.17. The second-order valence-electron chi connectivity index (χ2n) is 4.67. The van der Waals surface area contributed by atoms with Gasteiger partial charge in [0.15, 0.2) is 0 Å². The third kappa shape index (κ3) is 2.59. The smallest absolute Gasteiger partial charge is 0.249 e. The van der Waals surface area contributed by atoms with Crippen molar-refractivity contribution in [1.82, 2.24) is 5.01 Å². The zero-order valence-corrected chi connectivity index (χ0v) is 10.8. The molecule has 2 aromatic carbocycles. The molecule has 1 aliphatic rings. The van der Waals surface area contributed by atoms with E-state index in [1.54, 1.807) is 12.1 Å². The molecule has 0 spiro atoms. The molecule has 2 aromatic rings. The van der Waals surface area contributed by atoms with Crippen molar-refractivity contribution >= 4 is 11.6 Å². The molecule has 3 nitrogen and oxygen atoms in total. The molecule has 20 heavy (non-hydrogen) atoms. The molecular formula is C16H13FN2O. The Morgan fingerprint density at radius 3 is 2.45 bits per heavy atom. The topological polar surface area (TPSA) is 32.7 Å². The number of halogens is 1. The van der Waals surface area contributed by atoms with E-state index in [4.69, 9.17) is 0 Å². The minimum atomic E-state index is -0.282. The van der Waals surface area contributed by atoms with Gasteiger partial charge >= 0.3 is 0 Å². The van der Waals surface area contributed by atoms with E-state index < -0.39 is 0 Å². The van der Waals surface area contributed by atoms with E-state index in [9.17, 15) is 9.18 Å². The number of carbonyl (C=O) groups excluding carboxylic acids is 1. The number of hydrogen-bond donors (Lipinski definition) is 0. The maximum Gasteiger partial charge on any atom is 0.249 e. The van der Waals surface area contributed by atoms with Crippen LogP contribution in [0.3, 0.4) is 0 Å². The van der Waals surface area contributed by atoms with Gasteiger partial charge in [-0.15, -0.1) is 0 Å². The summed E-state index contributed by atoms with van der Waals surface area (Å²) < 4.78 is 12.9. The van der Waals surface area contributed by atoms with Crippen molar-refractivity contribution < 1.29 is 9.18 Å². The predicted molar refractivity (Wildman–Crippen MR) is 74.5 cm³/mol. The molecule has 0 aromatic heterocycles. The Bertz CT molecular complexity index is 650. The van der Waals surface area contributed by atoms with Gasteiger partial charge in [0.2, 0.25) is 5.91 Å². The van der Waals surface area contributed by atoms with Crippen molar-refractivity contribution in [3.63, 3.8) is 0 Å². The van der Waals surface area contributed by atoms with Gasteiger partial charge in [0.25, 0.3) is 0 Å². The maximum absolute atomic E-state index is 12.9. The van der Waals surface area contributed by atoms with Gasteiger partial charge < -0.3 is 0 Å². The molecule has 1 heterocycles. The Morgan fingerprint density at radius 1 is 1.05 bits per heavy atom. The second-order valence-corrected chi connectivity index (χ2v) is 4.67. The van der Waals surface area contributed by atoms with Gasteiger partial charge in [-0.05, 0) is 23.3 Å². The Balaban J connectivity index is 1.79. The standard InChI is InChI=1S/C16H13FN2O/c17-14-8-6-12(7-9-14)11-19-16(20)10-15(18-19)13-4-2-1-3-5-13/h1-9H,10-11H2. The third-order valence-corrected chi connectivity index (χ3v) is 3.20. The van der Waals surface area contributed by atoms with Gasteiger partial charge in [-0.3, -0.25) is 4.79 Å². The summed E-state index contributed by atoms with van der Waals surface area (Å²) in [6, 6.07) is 15.8. The molecule has 0 atom stereocenters. The molecule has 0 saturated carbocycles. The Labute approximate surface area is 116 Å². The zero-order chi connectivity index (χ0) is 13.9. The Hall–Kier alpha value is -2.49. The Kier molecular flexibility index (Phi) is 3.29. The average Bonchev–Trinajstić information content (AvgIpc) is 2.84. The molecule has 0 radical (unpaired) electrons. The highest BCUT2D eigenvalue weighted by molar-refractivity contribution is 6.13. The van der Waals surface area contributed by atoms with Crippen LogP contribution in [0.5, 0.6) is 0 Å². The minimum Gasteiger partial charge on any atom is -0.272 e. The van der Waals surface area contributed by atoms with Crippen molar-refractivity contribution in [2.24, 2.45) is 5.10 Å². The van der Waals surface area contributed by atoms with E-state index in [1.807, 2.05) is 30.3 Å². The number of amides is 1. The predicted octanol–water partition coefficient (Wildman–Crippen LogP) is 2.96. The number of hydrogen-bond acceptors (Lipinski definition) is 2. The highest BCUT2D eigenvalue weighted by Gasteiger charge is 2.24. The quantitative estimate of drug-likeness (QED) is 0.842. The first-order chi connectivity index (χ1) is 9.72. The van der Waals surface area contributed by atoms with Gasteiger partial charge in [0, 0.05) is 0 Å². The molecular weight excluding hydrogens is 255 g/mol. The van der Waals surface area contributed by atoms with Gasteiger partial charge in [0.05, 0.1) is 18.7 Å². The first kappa shape index (κ1) is 12.5. The van der Waals surface area contributed by atoms with Crippen LogP contribution < -0.4 is 0 Å². The summed E-state index contributed by atoms with van der Waals surface area (Å²) in [5.74, 6) is -0.317. The zero-order valence-electron chi connectivity index (χ0n) is 10.8. The molecule has 1 aliphatic heterocycles. The molecule has 0 N–H and O–H groups in total. The van der Waals surface area contributed by atoms with Crippen molar-refractivity contribution in [3.8, 4) is 0 Å². The maximum atomic E-state index is 12.9. The highest BCUT2D eigenvalue weighted by atomic mass is 19.1. The van der Waals surface area contributed by atoms with Crippen LogP contribution in [0.1, 0.15) is 17.5 Å². The van der Waals surface area contributed by atoms with E-state index in [0.29, 0.717) is 13.0 Å². The molecule has 0 fully saturated rings. The third-order valence-electron chi connectivity index (χ3n) is 3.20. The lowest BCUT2D eigenvalue weighted by Gasteiger charge is -2.11. The molecule has 0 saturated heterocycles. The van der Waals surface area contributed by atoms with Crippen LogP contribution in [0.2, 0.25) is 0 Å². The van der Waals surface area contributed by atoms with Crippen LogP contribution in [0, 0.1) is 5.82 Å². The van der Waals surface area contributed by atoms with Crippen LogP contribution in [-0.2, 0) is 11.3 Å². The fourth-order valence-electron chi connectivity index (χ4n) is 2.15. The fraction of sp³-hybridized carbons (Fsp3) is 0.125. The average molecular weight is 268 g/mol. The lowest BCUT2D eigenvalue weighted by Crippen LogP contribution is -2.20. The lowest BCUT2D eigenvalue weighted by molar-refractivity contribution is -0.129. The molecule has 3 rings (SSSR count). The Morgan fingerprint density at radius 2 is 1.75 bits per heavy atom. The van der Waals surface area contributed by atoms with Gasteiger partial charge in [-0.25, -0.2) is 9.40 Å². The van der Waals surface area contributed by atoms with Gasteiger partial charge in [0.1, 0.15) is 5.82 Å². The molecule has 1 amide bonds. The summed E-state index contributed by atoms with van der Waals surface area (Å²) in [6.45, 7) is 0.370. The summed E-state index contributed by atoms with van der Waals surface area (Å²) in [7, 11) is 0. The summed E-state index contributed by atoms with van der Waals surface area (Å²) in [5, 5.41) is 5.80. The van der Waals surface area contributed by atoms with Crippen LogP contribution in [0.15, 0.2) is 59.7 Å². The first-order valence-corrected chi connectivity index (χ1v) is 6.40. The van der Waals surface area contributed by atoms with Crippen molar-refractivity contribution in [2.75, 3.05) is 0 Å². The van der Waals surface area contributed by atoms with Crippen LogP contribution in [0.25, 0.3) is 0 Å². The van der Waals surface area contributed by atoms with E-state index in [2.05, 4.69) is 5.10 Å². The lowest BCUT2D eigenvalue weighted by atomic mass is 10.1. The van der Waals surface area contributed by atoms with Crippen LogP contribution >= 0.6 is 0 Å². The fourth-order valence-corrected chi connectivity index (χ4v) is 2.15. The van der Waals surface area contributed by atoms with E-state index >= 15 is 0 Å². The van der Waals surface area contributed by atoms with E-state index in [-0.39, 0.29) is 11.7 Å². The van der Waals surface area contributed by atoms with Crippen LogP contribution in [0.4, 0.5) is 4.39 Å². The molecule has 0 bridgehead atoms. The molecule has 4 heteroatoms. The first-order valence-electron chi connectivity index (χ1n) is 6.40. The monoisotopic (exact) mass is 268 g/mol. The summed E-state index contributed by atoms with van der Waals surface area (Å²) >= 11 is 0. The number of carbonyl (C=O) groups is 1. The minimum absolute atomic E-state index is 0.0341. The summed E-state index contributed by atoms with van der Waals surface area (Å²) in [6.07, 6.45) is 0.311. The number of rotatable bonds is 3. The molecule has 0 unspecified atom stereocenters. The van der Waals surface area contributed by atoms with Gasteiger partial charge in [-0.1, -0.05) is 42.5 Å². The molecule has 0 aliphatic carbocycles. The van der Waals surface area contributed by atoms with Crippen LogP contribution in [-0.4, -0.2) is 16.6 Å². The largest absolute Gasteiger partial charge is 0.272 e. The summed E-state index contributed by atoms with van der Waals surface area (Å²) in [4.78, 5) is 12.0. The van der Waals surface area contributed by atoms with E-state index in [0.717, 1.165) is 16.8 Å². The summed E-state index contributed by atoms with van der Waals surface area (Å²) in [5.41, 5.74) is 2.60. The van der Waals surface area contributed by atoms with Gasteiger partial charge in [-0.2, -0.15) is 5.10 Å². The normalized spacial score (nSPS) is 14.6. The van der Waals surface area contributed by atoms with Crippen molar-refractivity contribution in [3.05, 3.63) is 71.5 Å². The molecule has 100 valence electrons. The van der Waals surface area contributed by atoms with Crippen molar-refractivity contribution in [2.45, 2.75) is 13.0 Å². The van der Waals surface area contributed by atoms with Crippen molar-refractivity contribution in [1.29, 1.82) is 0 Å². The number of hydrazone groups is 1. The number of benzene rings is 2. The second kappa shape index (κ2) is 5.25. The SMILES string of the molecule is O=C1CC(c2ccccc2)=NN1Cc1ccc(F)cc1.